The molecule has 0 atom stereocenters. The number of hydrogen-bond acceptors (Lipinski definition) is 2. The molecule has 5 heteroatoms. The fourth-order valence-electron chi connectivity index (χ4n) is 2.08. The van der Waals surface area contributed by atoms with Gasteiger partial charge in [0.2, 0.25) is 0 Å². The van der Waals surface area contributed by atoms with Gasteiger partial charge in [-0.1, -0.05) is 39.7 Å². The Kier molecular flexibility index (Phi) is 3.44. The summed E-state index contributed by atoms with van der Waals surface area (Å²) in [6, 6.07) is 10.00. The van der Waals surface area contributed by atoms with Gasteiger partial charge in [-0.2, -0.15) is 0 Å². The normalized spacial score (nSPS) is 11.0. The third-order valence-corrected chi connectivity index (χ3v) is 3.74. The van der Waals surface area contributed by atoms with E-state index in [1.54, 1.807) is 12.1 Å². The van der Waals surface area contributed by atoms with Gasteiger partial charge < -0.3 is 0 Å². The number of nitrogens with zero attached hydrogens (tertiary/aromatic N) is 2. The topological polar surface area (TPSA) is 25.8 Å². The largest absolute Gasteiger partial charge is 0.228 e. The van der Waals surface area contributed by atoms with Crippen LogP contribution < -0.4 is 0 Å². The number of halogens is 3. The van der Waals surface area contributed by atoms with E-state index >= 15 is 0 Å². The number of fused-ring (bicyclic) bond motifs is 1. The first-order valence-electron chi connectivity index (χ1n) is 5.94. The lowest BCUT2D eigenvalue weighted by Gasteiger charge is -2.07. The minimum absolute atomic E-state index is 0.324. The molecule has 0 radical (unpaired) electrons. The van der Waals surface area contributed by atoms with E-state index in [2.05, 4.69) is 25.9 Å². The Labute approximate surface area is 128 Å². The van der Waals surface area contributed by atoms with Crippen LogP contribution in [0, 0.1) is 12.7 Å². The Morgan fingerprint density at radius 3 is 2.70 bits per heavy atom. The van der Waals surface area contributed by atoms with Crippen molar-refractivity contribution < 1.29 is 4.39 Å². The molecule has 0 N–H and O–H groups in total. The van der Waals surface area contributed by atoms with Crippen molar-refractivity contribution in [3.8, 4) is 11.4 Å². The maximum atomic E-state index is 13.3. The van der Waals surface area contributed by atoms with Gasteiger partial charge in [0.25, 0.3) is 0 Å². The summed E-state index contributed by atoms with van der Waals surface area (Å²) in [5, 5.41) is 1.14. The molecule has 0 saturated heterocycles. The van der Waals surface area contributed by atoms with Gasteiger partial charge in [0.1, 0.15) is 11.0 Å². The lowest BCUT2D eigenvalue weighted by Crippen LogP contribution is -1.94. The molecule has 0 unspecified atom stereocenters. The van der Waals surface area contributed by atoms with E-state index in [0.717, 1.165) is 20.9 Å². The molecular weight excluding hydrogens is 343 g/mol. The van der Waals surface area contributed by atoms with Gasteiger partial charge in [-0.05, 0) is 36.8 Å². The lowest BCUT2D eigenvalue weighted by atomic mass is 10.1. The predicted octanol–water partition coefficient (Wildman–Crippen LogP) is 5.16. The number of rotatable bonds is 1. The lowest BCUT2D eigenvalue weighted by molar-refractivity contribution is 0.628. The average Bonchev–Trinajstić information content (AvgIpc) is 2.39. The van der Waals surface area contributed by atoms with Crippen LogP contribution in [0.5, 0.6) is 0 Å². The Morgan fingerprint density at radius 2 is 1.95 bits per heavy atom. The highest BCUT2D eigenvalue weighted by Gasteiger charge is 2.11. The van der Waals surface area contributed by atoms with Crippen LogP contribution in [0.1, 0.15) is 5.56 Å². The molecule has 0 saturated carbocycles. The molecule has 0 bridgehead atoms. The van der Waals surface area contributed by atoms with E-state index in [1.165, 1.54) is 12.1 Å². The Bertz CT molecular complexity index is 820. The molecule has 0 aliphatic rings. The molecule has 2 nitrogen and oxygen atoms in total. The van der Waals surface area contributed by atoms with E-state index in [0.29, 0.717) is 16.5 Å². The van der Waals surface area contributed by atoms with Gasteiger partial charge in [-0.3, -0.25) is 0 Å². The van der Waals surface area contributed by atoms with Crippen molar-refractivity contribution >= 4 is 38.4 Å². The van der Waals surface area contributed by atoms with Crippen molar-refractivity contribution in [3.63, 3.8) is 0 Å². The second kappa shape index (κ2) is 5.11. The molecule has 0 spiro atoms. The molecular formula is C15H9BrClFN2. The summed E-state index contributed by atoms with van der Waals surface area (Å²) in [6.07, 6.45) is 0. The molecule has 3 aromatic rings. The van der Waals surface area contributed by atoms with E-state index in [4.69, 9.17) is 11.6 Å². The first-order chi connectivity index (χ1) is 9.54. The summed E-state index contributed by atoms with van der Waals surface area (Å²) in [5.41, 5.74) is 2.36. The van der Waals surface area contributed by atoms with Crippen molar-refractivity contribution in [2.24, 2.45) is 0 Å². The van der Waals surface area contributed by atoms with Crippen molar-refractivity contribution in [2.45, 2.75) is 6.92 Å². The van der Waals surface area contributed by atoms with E-state index < -0.39 is 0 Å². The van der Waals surface area contributed by atoms with Crippen LogP contribution >= 0.6 is 27.5 Å². The summed E-state index contributed by atoms with van der Waals surface area (Å²) in [6.45, 7) is 1.95. The van der Waals surface area contributed by atoms with Crippen molar-refractivity contribution in [1.29, 1.82) is 0 Å². The summed E-state index contributed by atoms with van der Waals surface area (Å²) < 4.78 is 14.2. The van der Waals surface area contributed by atoms with Gasteiger partial charge in [-0.25, -0.2) is 14.4 Å². The van der Waals surface area contributed by atoms with E-state index in [1.807, 2.05) is 19.1 Å². The molecule has 2 aromatic carbocycles. The maximum absolute atomic E-state index is 13.3. The molecule has 1 heterocycles. The zero-order valence-electron chi connectivity index (χ0n) is 10.5. The number of benzene rings is 2. The fourth-order valence-corrected chi connectivity index (χ4v) is 2.88. The van der Waals surface area contributed by atoms with Crippen LogP contribution in [0.15, 0.2) is 40.9 Å². The highest BCUT2D eigenvalue weighted by Crippen LogP contribution is 2.29. The van der Waals surface area contributed by atoms with E-state index in [9.17, 15) is 4.39 Å². The summed E-state index contributed by atoms with van der Waals surface area (Å²) in [4.78, 5) is 8.77. The Hall–Kier alpha value is -1.52. The molecule has 100 valence electrons. The number of aromatic nitrogens is 2. The molecule has 0 aliphatic carbocycles. The minimum atomic E-state index is -0.324. The quantitative estimate of drug-likeness (QED) is 0.566. The molecule has 20 heavy (non-hydrogen) atoms. The first kappa shape index (κ1) is 13.5. The van der Waals surface area contributed by atoms with Crippen molar-refractivity contribution in [1.82, 2.24) is 9.97 Å². The highest BCUT2D eigenvalue weighted by atomic mass is 79.9. The monoisotopic (exact) mass is 350 g/mol. The Balaban J connectivity index is 2.29. The van der Waals surface area contributed by atoms with Gasteiger partial charge in [0.05, 0.1) is 5.52 Å². The summed E-state index contributed by atoms with van der Waals surface area (Å²) in [5.74, 6) is 0.0993. The van der Waals surface area contributed by atoms with Gasteiger partial charge in [-0.15, -0.1) is 0 Å². The highest BCUT2D eigenvalue weighted by molar-refractivity contribution is 9.10. The van der Waals surface area contributed by atoms with E-state index in [-0.39, 0.29) is 5.82 Å². The van der Waals surface area contributed by atoms with Crippen molar-refractivity contribution in [2.75, 3.05) is 0 Å². The Morgan fingerprint density at radius 1 is 1.15 bits per heavy atom. The van der Waals surface area contributed by atoms with Gasteiger partial charge >= 0.3 is 0 Å². The molecule has 0 fully saturated rings. The van der Waals surface area contributed by atoms with Gasteiger partial charge in [0, 0.05) is 15.4 Å². The predicted molar refractivity (Wildman–Crippen MR) is 82.4 cm³/mol. The standard InChI is InChI=1S/C15H9BrClFN2/c1-8-5-10(16)7-12-13(8)19-15(20-14(12)17)9-3-2-4-11(18)6-9/h2-7H,1H3. The maximum Gasteiger partial charge on any atom is 0.161 e. The fraction of sp³-hybridized carbons (Fsp3) is 0.0667. The number of aryl methyl sites for hydroxylation is 1. The summed E-state index contributed by atoms with van der Waals surface area (Å²) in [7, 11) is 0. The molecule has 0 amide bonds. The zero-order chi connectivity index (χ0) is 14.3. The van der Waals surface area contributed by atoms with Crippen LogP contribution in [0.2, 0.25) is 5.15 Å². The van der Waals surface area contributed by atoms with Crippen LogP contribution in [-0.4, -0.2) is 9.97 Å². The second-order valence-corrected chi connectivity index (χ2v) is 5.74. The zero-order valence-corrected chi connectivity index (χ0v) is 12.8. The van der Waals surface area contributed by atoms with Crippen LogP contribution in [-0.2, 0) is 0 Å². The number of hydrogen-bond donors (Lipinski definition) is 0. The van der Waals surface area contributed by atoms with Crippen LogP contribution in [0.3, 0.4) is 0 Å². The molecule has 3 rings (SSSR count). The smallest absolute Gasteiger partial charge is 0.161 e. The SMILES string of the molecule is Cc1cc(Br)cc2c(Cl)nc(-c3cccc(F)c3)nc12. The average molecular weight is 352 g/mol. The summed E-state index contributed by atoms with van der Waals surface area (Å²) >= 11 is 9.66. The second-order valence-electron chi connectivity index (χ2n) is 4.47. The van der Waals surface area contributed by atoms with Crippen LogP contribution in [0.4, 0.5) is 4.39 Å². The van der Waals surface area contributed by atoms with Crippen LogP contribution in [0.25, 0.3) is 22.3 Å². The molecule has 0 aliphatic heterocycles. The minimum Gasteiger partial charge on any atom is -0.228 e. The third kappa shape index (κ3) is 2.41. The van der Waals surface area contributed by atoms with Gasteiger partial charge in [0.15, 0.2) is 5.82 Å². The van der Waals surface area contributed by atoms with Crippen molar-refractivity contribution in [3.05, 3.63) is 57.4 Å². The first-order valence-corrected chi connectivity index (χ1v) is 7.11. The third-order valence-electron chi connectivity index (χ3n) is 2.99. The molecule has 1 aromatic heterocycles.